The third-order valence-corrected chi connectivity index (χ3v) is 3.94. The highest BCUT2D eigenvalue weighted by Crippen LogP contribution is 2.31. The molecule has 0 bridgehead atoms. The summed E-state index contributed by atoms with van der Waals surface area (Å²) < 4.78 is 11.0. The first-order valence-electron chi connectivity index (χ1n) is 8.45. The number of fused-ring (bicyclic) bond motifs is 1. The van der Waals surface area contributed by atoms with E-state index in [2.05, 4.69) is 12.2 Å². The molecule has 3 aromatic rings. The number of hydrogen-bond acceptors (Lipinski definition) is 4. The fraction of sp³-hybridized carbons (Fsp3) is 0.200. The van der Waals surface area contributed by atoms with Crippen LogP contribution in [0.2, 0.25) is 0 Å². The lowest BCUT2D eigenvalue weighted by Gasteiger charge is -2.07. The maximum absolute atomic E-state index is 12.6. The maximum Gasteiger partial charge on any atom is 0.286 e. The molecule has 2 aromatic carbocycles. The Balaban J connectivity index is 1.81. The molecule has 6 nitrogen and oxygen atoms in total. The number of ether oxygens (including phenoxy) is 1. The SMILES string of the molecule is CCCCOc1ccc(C(=O)Nc2c(C(N)=O)oc3ccccc23)cc1. The smallest absolute Gasteiger partial charge is 0.286 e. The van der Waals surface area contributed by atoms with Crippen LogP contribution in [0.1, 0.15) is 40.7 Å². The highest BCUT2D eigenvalue weighted by Gasteiger charge is 2.20. The summed E-state index contributed by atoms with van der Waals surface area (Å²) in [5, 5.41) is 3.35. The van der Waals surface area contributed by atoms with Gasteiger partial charge in [-0.15, -0.1) is 0 Å². The highest BCUT2D eigenvalue weighted by molar-refractivity contribution is 6.14. The van der Waals surface area contributed by atoms with Gasteiger partial charge in [-0.05, 0) is 42.8 Å². The molecule has 2 amide bonds. The molecular weight excluding hydrogens is 332 g/mol. The number of para-hydroxylation sites is 1. The molecule has 0 aliphatic heterocycles. The van der Waals surface area contributed by atoms with Gasteiger partial charge in [0.1, 0.15) is 17.0 Å². The van der Waals surface area contributed by atoms with Crippen LogP contribution >= 0.6 is 0 Å². The predicted molar refractivity (Wildman–Crippen MR) is 99.5 cm³/mol. The third-order valence-electron chi connectivity index (χ3n) is 3.94. The van der Waals surface area contributed by atoms with Gasteiger partial charge in [-0.1, -0.05) is 25.5 Å². The minimum absolute atomic E-state index is 0.0703. The van der Waals surface area contributed by atoms with Crippen LogP contribution in [0, 0.1) is 0 Å². The van der Waals surface area contributed by atoms with Crippen molar-refractivity contribution in [3.8, 4) is 5.75 Å². The number of hydrogen-bond donors (Lipinski definition) is 2. The minimum Gasteiger partial charge on any atom is -0.494 e. The quantitative estimate of drug-likeness (QED) is 0.629. The molecular formula is C20H20N2O4. The lowest BCUT2D eigenvalue weighted by Crippen LogP contribution is -2.17. The van der Waals surface area contributed by atoms with E-state index < -0.39 is 5.91 Å². The fourth-order valence-electron chi connectivity index (χ4n) is 2.57. The van der Waals surface area contributed by atoms with Crippen LogP contribution in [-0.2, 0) is 0 Å². The van der Waals surface area contributed by atoms with E-state index in [4.69, 9.17) is 14.9 Å². The first-order valence-corrected chi connectivity index (χ1v) is 8.45. The van der Waals surface area contributed by atoms with Gasteiger partial charge in [-0.2, -0.15) is 0 Å². The zero-order chi connectivity index (χ0) is 18.5. The van der Waals surface area contributed by atoms with Gasteiger partial charge in [-0.3, -0.25) is 9.59 Å². The Kier molecular flexibility index (Phi) is 5.22. The molecule has 6 heteroatoms. The van der Waals surface area contributed by atoms with Crippen LogP contribution in [-0.4, -0.2) is 18.4 Å². The van der Waals surface area contributed by atoms with Gasteiger partial charge in [-0.25, -0.2) is 0 Å². The van der Waals surface area contributed by atoms with Crippen molar-refractivity contribution in [2.75, 3.05) is 11.9 Å². The maximum atomic E-state index is 12.6. The van der Waals surface area contributed by atoms with Crippen LogP contribution in [0.3, 0.4) is 0 Å². The van der Waals surface area contributed by atoms with Gasteiger partial charge >= 0.3 is 0 Å². The molecule has 0 atom stereocenters. The van der Waals surface area contributed by atoms with Gasteiger partial charge in [0.25, 0.3) is 11.8 Å². The molecule has 0 spiro atoms. The normalized spacial score (nSPS) is 10.7. The molecule has 3 rings (SSSR count). The zero-order valence-corrected chi connectivity index (χ0v) is 14.5. The van der Waals surface area contributed by atoms with Crippen LogP contribution in [0.5, 0.6) is 5.75 Å². The van der Waals surface area contributed by atoms with Gasteiger partial charge in [0, 0.05) is 10.9 Å². The second-order valence-corrected chi connectivity index (χ2v) is 5.85. The Labute approximate surface area is 150 Å². The average Bonchev–Trinajstić information content (AvgIpc) is 3.01. The van der Waals surface area contributed by atoms with Crippen molar-refractivity contribution in [2.24, 2.45) is 5.73 Å². The number of furan rings is 1. The molecule has 3 N–H and O–H groups in total. The van der Waals surface area contributed by atoms with Crippen LogP contribution in [0.25, 0.3) is 11.0 Å². The van der Waals surface area contributed by atoms with Crippen molar-refractivity contribution in [1.29, 1.82) is 0 Å². The predicted octanol–water partition coefficient (Wildman–Crippen LogP) is 3.96. The summed E-state index contributed by atoms with van der Waals surface area (Å²) in [4.78, 5) is 24.2. The zero-order valence-electron chi connectivity index (χ0n) is 14.5. The Hall–Kier alpha value is -3.28. The van der Waals surface area contributed by atoms with E-state index in [1.165, 1.54) is 0 Å². The fourth-order valence-corrected chi connectivity index (χ4v) is 2.57. The largest absolute Gasteiger partial charge is 0.494 e. The number of anilines is 1. The average molecular weight is 352 g/mol. The molecule has 0 radical (unpaired) electrons. The lowest BCUT2D eigenvalue weighted by molar-refractivity contribution is 0.0977. The van der Waals surface area contributed by atoms with E-state index in [1.54, 1.807) is 48.5 Å². The van der Waals surface area contributed by atoms with E-state index in [9.17, 15) is 9.59 Å². The summed E-state index contributed by atoms with van der Waals surface area (Å²) in [7, 11) is 0. The first kappa shape index (κ1) is 17.5. The highest BCUT2D eigenvalue weighted by atomic mass is 16.5. The van der Waals surface area contributed by atoms with E-state index in [0.717, 1.165) is 12.8 Å². The first-order chi connectivity index (χ1) is 12.6. The van der Waals surface area contributed by atoms with Crippen molar-refractivity contribution in [2.45, 2.75) is 19.8 Å². The Bertz CT molecular complexity index is 929. The second-order valence-electron chi connectivity index (χ2n) is 5.85. The second kappa shape index (κ2) is 7.74. The number of nitrogens with one attached hydrogen (secondary N) is 1. The van der Waals surface area contributed by atoms with Crippen LogP contribution in [0.15, 0.2) is 52.9 Å². The van der Waals surface area contributed by atoms with Crippen LogP contribution < -0.4 is 15.8 Å². The number of benzene rings is 2. The van der Waals surface area contributed by atoms with Gasteiger partial charge in [0.15, 0.2) is 0 Å². The summed E-state index contributed by atoms with van der Waals surface area (Å²) in [6.45, 7) is 2.74. The molecule has 1 heterocycles. The number of unbranched alkanes of at least 4 members (excludes halogenated alkanes) is 1. The minimum atomic E-state index is -0.740. The van der Waals surface area contributed by atoms with E-state index in [0.29, 0.717) is 28.9 Å². The standard InChI is InChI=1S/C20H20N2O4/c1-2-3-12-25-14-10-8-13(9-11-14)20(24)22-17-15-6-4-5-7-16(15)26-18(17)19(21)23/h4-11H,2-3,12H2,1H3,(H2,21,23)(H,22,24). The third kappa shape index (κ3) is 3.69. The Morgan fingerprint density at radius 2 is 1.85 bits per heavy atom. The number of primary amides is 1. The Morgan fingerprint density at radius 1 is 1.12 bits per heavy atom. The lowest BCUT2D eigenvalue weighted by atomic mass is 10.1. The molecule has 0 saturated heterocycles. The van der Waals surface area contributed by atoms with Crippen molar-refractivity contribution in [1.82, 2.24) is 0 Å². The molecule has 0 unspecified atom stereocenters. The van der Waals surface area contributed by atoms with Crippen LogP contribution in [0.4, 0.5) is 5.69 Å². The van der Waals surface area contributed by atoms with Crippen molar-refractivity contribution in [3.05, 3.63) is 59.9 Å². The van der Waals surface area contributed by atoms with Gasteiger partial charge < -0.3 is 20.2 Å². The summed E-state index contributed by atoms with van der Waals surface area (Å²) in [6, 6.07) is 13.9. The number of carbonyl (C=O) groups excluding carboxylic acids is 2. The molecule has 134 valence electrons. The molecule has 0 saturated carbocycles. The number of carbonyl (C=O) groups is 2. The van der Waals surface area contributed by atoms with Crippen molar-refractivity contribution >= 4 is 28.5 Å². The summed E-state index contributed by atoms with van der Waals surface area (Å²) in [5.41, 5.74) is 6.57. The summed E-state index contributed by atoms with van der Waals surface area (Å²) >= 11 is 0. The molecule has 0 aliphatic rings. The number of rotatable bonds is 7. The molecule has 26 heavy (non-hydrogen) atoms. The van der Waals surface area contributed by atoms with E-state index in [1.807, 2.05) is 0 Å². The van der Waals surface area contributed by atoms with Gasteiger partial charge in [0.2, 0.25) is 5.76 Å². The van der Waals surface area contributed by atoms with Crippen molar-refractivity contribution in [3.63, 3.8) is 0 Å². The number of amides is 2. The number of nitrogens with two attached hydrogens (primary N) is 1. The summed E-state index contributed by atoms with van der Waals surface area (Å²) in [5.74, 6) is -0.462. The molecule has 1 aromatic heterocycles. The Morgan fingerprint density at radius 3 is 2.54 bits per heavy atom. The van der Waals surface area contributed by atoms with Gasteiger partial charge in [0.05, 0.1) is 6.61 Å². The molecule has 0 aliphatic carbocycles. The topological polar surface area (TPSA) is 94.6 Å². The van der Waals surface area contributed by atoms with E-state index in [-0.39, 0.29) is 17.4 Å². The summed E-state index contributed by atoms with van der Waals surface area (Å²) in [6.07, 6.45) is 2.03. The van der Waals surface area contributed by atoms with Crippen molar-refractivity contribution < 1.29 is 18.7 Å². The monoisotopic (exact) mass is 352 g/mol. The van der Waals surface area contributed by atoms with E-state index >= 15 is 0 Å². The molecule has 0 fully saturated rings.